The van der Waals surface area contributed by atoms with Crippen LogP contribution in [0.5, 0.6) is 0 Å². The Morgan fingerprint density at radius 3 is 2.83 bits per heavy atom. The Hall–Kier alpha value is -0.360. The number of ether oxygens (including phenoxy) is 1. The Labute approximate surface area is 115 Å². The van der Waals surface area contributed by atoms with E-state index in [9.17, 15) is 4.79 Å². The molecule has 0 aromatic carbocycles. The molecule has 1 saturated carbocycles. The molecule has 0 aromatic heterocycles. The van der Waals surface area contributed by atoms with E-state index in [1.54, 1.807) is 0 Å². The second kappa shape index (κ2) is 7.94. The van der Waals surface area contributed by atoms with Crippen molar-refractivity contribution in [3.05, 3.63) is 0 Å². The maximum atomic E-state index is 11.7. The molecule has 2 N–H and O–H groups in total. The van der Waals surface area contributed by atoms with E-state index in [1.807, 2.05) is 6.92 Å². The zero-order valence-electron chi connectivity index (χ0n) is 11.0. The third-order valence-corrected chi connectivity index (χ3v) is 3.39. The van der Waals surface area contributed by atoms with Gasteiger partial charge in [0, 0.05) is 45.9 Å². The van der Waals surface area contributed by atoms with E-state index < -0.39 is 0 Å². The summed E-state index contributed by atoms with van der Waals surface area (Å²) in [5, 5.41) is 6.32. The highest BCUT2D eigenvalue weighted by Gasteiger charge is 2.43. The van der Waals surface area contributed by atoms with Gasteiger partial charge in [-0.05, 0) is 13.3 Å². The summed E-state index contributed by atoms with van der Waals surface area (Å²) >= 11 is 0. The van der Waals surface area contributed by atoms with Gasteiger partial charge in [0.2, 0.25) is 5.91 Å². The molecule has 2 unspecified atom stereocenters. The first-order chi connectivity index (χ1) is 8.31. The van der Waals surface area contributed by atoms with Crippen LogP contribution in [0, 0.1) is 5.92 Å². The summed E-state index contributed by atoms with van der Waals surface area (Å²) in [5.41, 5.74) is 0. The summed E-state index contributed by atoms with van der Waals surface area (Å²) in [7, 11) is 0. The van der Waals surface area contributed by atoms with Crippen LogP contribution in [-0.4, -0.2) is 62.8 Å². The zero-order chi connectivity index (χ0) is 12.1. The van der Waals surface area contributed by atoms with Crippen molar-refractivity contribution in [1.82, 2.24) is 15.5 Å². The van der Waals surface area contributed by atoms with Crippen LogP contribution in [0.3, 0.4) is 0 Å². The Morgan fingerprint density at radius 2 is 2.17 bits per heavy atom. The summed E-state index contributed by atoms with van der Waals surface area (Å²) in [6, 6.07) is 0. The second-order valence-electron chi connectivity index (χ2n) is 4.72. The first kappa shape index (κ1) is 15.7. The van der Waals surface area contributed by atoms with Gasteiger partial charge in [-0.3, -0.25) is 9.69 Å². The quantitative estimate of drug-likeness (QED) is 0.709. The van der Waals surface area contributed by atoms with Gasteiger partial charge in [0.25, 0.3) is 0 Å². The van der Waals surface area contributed by atoms with Crippen LogP contribution in [0.15, 0.2) is 0 Å². The van der Waals surface area contributed by atoms with Crippen molar-refractivity contribution in [2.45, 2.75) is 19.4 Å². The summed E-state index contributed by atoms with van der Waals surface area (Å²) < 4.78 is 5.40. The second-order valence-corrected chi connectivity index (χ2v) is 4.72. The zero-order valence-corrected chi connectivity index (χ0v) is 11.8. The largest absolute Gasteiger partial charge is 0.378 e. The smallest absolute Gasteiger partial charge is 0.225 e. The highest BCUT2D eigenvalue weighted by atomic mass is 35.5. The summed E-state index contributed by atoms with van der Waals surface area (Å²) in [4.78, 5) is 14.1. The average molecular weight is 278 g/mol. The molecule has 6 heteroatoms. The molecule has 0 radical (unpaired) electrons. The molecule has 1 amide bonds. The number of rotatable bonds is 6. The van der Waals surface area contributed by atoms with Gasteiger partial charge in [-0.15, -0.1) is 12.4 Å². The highest BCUT2D eigenvalue weighted by Crippen LogP contribution is 2.33. The monoisotopic (exact) mass is 277 g/mol. The van der Waals surface area contributed by atoms with Gasteiger partial charge >= 0.3 is 0 Å². The lowest BCUT2D eigenvalue weighted by Crippen LogP contribution is -2.46. The van der Waals surface area contributed by atoms with E-state index in [-0.39, 0.29) is 30.3 Å². The standard InChI is InChI=1S/C12H23N3O2.ClH/c1-2-17-11-9-10(11)12(16)14-5-8-15-6-3-13-4-7-15;/h10-11,13H,2-9H2,1H3,(H,14,16);1H. The van der Waals surface area contributed by atoms with Crippen LogP contribution >= 0.6 is 12.4 Å². The maximum absolute atomic E-state index is 11.7. The molecular weight excluding hydrogens is 254 g/mol. The fraction of sp³-hybridized carbons (Fsp3) is 0.917. The van der Waals surface area contributed by atoms with E-state index in [0.29, 0.717) is 6.61 Å². The van der Waals surface area contributed by atoms with E-state index in [0.717, 1.165) is 45.7 Å². The Bertz CT molecular complexity index is 260. The van der Waals surface area contributed by atoms with Crippen molar-refractivity contribution >= 4 is 18.3 Å². The first-order valence-electron chi connectivity index (χ1n) is 6.63. The van der Waals surface area contributed by atoms with Gasteiger partial charge in [0.05, 0.1) is 12.0 Å². The Morgan fingerprint density at radius 1 is 1.44 bits per heavy atom. The lowest BCUT2D eigenvalue weighted by molar-refractivity contribution is -0.123. The lowest BCUT2D eigenvalue weighted by Gasteiger charge is -2.27. The van der Waals surface area contributed by atoms with Crippen molar-refractivity contribution in [1.29, 1.82) is 0 Å². The van der Waals surface area contributed by atoms with Crippen molar-refractivity contribution in [2.75, 3.05) is 45.9 Å². The fourth-order valence-corrected chi connectivity index (χ4v) is 2.25. The van der Waals surface area contributed by atoms with Crippen LogP contribution in [0.25, 0.3) is 0 Å². The molecule has 1 heterocycles. The first-order valence-corrected chi connectivity index (χ1v) is 6.63. The van der Waals surface area contributed by atoms with E-state index in [2.05, 4.69) is 15.5 Å². The maximum Gasteiger partial charge on any atom is 0.225 e. The molecule has 2 rings (SSSR count). The molecule has 2 aliphatic rings. The fourth-order valence-electron chi connectivity index (χ4n) is 2.25. The predicted molar refractivity (Wildman–Crippen MR) is 73.1 cm³/mol. The van der Waals surface area contributed by atoms with Crippen molar-refractivity contribution < 1.29 is 9.53 Å². The molecule has 0 spiro atoms. The number of halogens is 1. The molecule has 5 nitrogen and oxygen atoms in total. The number of carbonyl (C=O) groups excluding carboxylic acids is 1. The van der Waals surface area contributed by atoms with Gasteiger partial charge in [0.15, 0.2) is 0 Å². The molecular formula is C12H24ClN3O2. The molecule has 0 bridgehead atoms. The van der Waals surface area contributed by atoms with Crippen LogP contribution in [0.2, 0.25) is 0 Å². The van der Waals surface area contributed by atoms with Crippen molar-refractivity contribution in [3.63, 3.8) is 0 Å². The van der Waals surface area contributed by atoms with Gasteiger partial charge < -0.3 is 15.4 Å². The van der Waals surface area contributed by atoms with Crippen LogP contribution in [0.4, 0.5) is 0 Å². The average Bonchev–Trinajstić information content (AvgIpc) is 3.10. The molecule has 2 fully saturated rings. The number of amides is 1. The van der Waals surface area contributed by atoms with E-state index in [4.69, 9.17) is 4.74 Å². The minimum atomic E-state index is 0. The Balaban J connectivity index is 0.00000162. The van der Waals surface area contributed by atoms with Crippen molar-refractivity contribution in [3.8, 4) is 0 Å². The molecule has 106 valence electrons. The molecule has 2 atom stereocenters. The van der Waals surface area contributed by atoms with E-state index in [1.165, 1.54) is 0 Å². The number of nitrogens with one attached hydrogen (secondary N) is 2. The van der Waals surface area contributed by atoms with Crippen LogP contribution in [-0.2, 0) is 9.53 Å². The highest BCUT2D eigenvalue weighted by molar-refractivity contribution is 5.85. The normalized spacial score (nSPS) is 27.4. The molecule has 18 heavy (non-hydrogen) atoms. The lowest BCUT2D eigenvalue weighted by atomic mass is 10.3. The number of piperazine rings is 1. The SMILES string of the molecule is CCOC1CC1C(=O)NCCN1CCNCC1.Cl. The molecule has 0 aromatic rings. The minimum Gasteiger partial charge on any atom is -0.378 e. The molecule has 1 aliphatic heterocycles. The topological polar surface area (TPSA) is 53.6 Å². The van der Waals surface area contributed by atoms with Gasteiger partial charge in [0.1, 0.15) is 0 Å². The van der Waals surface area contributed by atoms with Crippen LogP contribution in [0.1, 0.15) is 13.3 Å². The summed E-state index contributed by atoms with van der Waals surface area (Å²) in [6.45, 7) is 8.67. The number of hydrogen-bond donors (Lipinski definition) is 2. The van der Waals surface area contributed by atoms with Gasteiger partial charge in [-0.2, -0.15) is 0 Å². The molecule has 1 saturated heterocycles. The number of nitrogens with zero attached hydrogens (tertiary/aromatic N) is 1. The third-order valence-electron chi connectivity index (χ3n) is 3.39. The van der Waals surface area contributed by atoms with Crippen molar-refractivity contribution in [2.24, 2.45) is 5.92 Å². The third kappa shape index (κ3) is 4.72. The number of carbonyl (C=O) groups is 1. The number of hydrogen-bond acceptors (Lipinski definition) is 4. The summed E-state index contributed by atoms with van der Waals surface area (Å²) in [6.07, 6.45) is 1.08. The molecule has 1 aliphatic carbocycles. The predicted octanol–water partition coefficient (Wildman–Crippen LogP) is -0.145. The van der Waals surface area contributed by atoms with E-state index >= 15 is 0 Å². The minimum absolute atomic E-state index is 0. The van der Waals surface area contributed by atoms with Crippen LogP contribution < -0.4 is 10.6 Å². The Kier molecular flexibility index (Phi) is 6.92. The van der Waals surface area contributed by atoms with Gasteiger partial charge in [-0.1, -0.05) is 0 Å². The van der Waals surface area contributed by atoms with Gasteiger partial charge in [-0.25, -0.2) is 0 Å². The summed E-state index contributed by atoms with van der Waals surface area (Å²) in [5.74, 6) is 0.275.